The Bertz CT molecular complexity index is 590. The summed E-state index contributed by atoms with van der Waals surface area (Å²) in [6.07, 6.45) is 3.19. The third-order valence-electron chi connectivity index (χ3n) is 4.42. The van der Waals surface area contributed by atoms with Crippen LogP contribution in [-0.4, -0.2) is 48.5 Å². The van der Waals surface area contributed by atoms with E-state index in [4.69, 9.17) is 5.21 Å². The summed E-state index contributed by atoms with van der Waals surface area (Å²) in [5.74, 6) is 0.322. The Morgan fingerprint density at radius 2 is 2.25 bits per heavy atom. The van der Waals surface area contributed by atoms with Crippen molar-refractivity contribution in [2.24, 2.45) is 11.1 Å². The molecule has 0 bridgehead atoms. The predicted octanol–water partition coefficient (Wildman–Crippen LogP) is 3.36. The van der Waals surface area contributed by atoms with E-state index < -0.39 is 0 Å². The number of hydrogen-bond donors (Lipinski definition) is 2. The number of nitrogens with one attached hydrogen (secondary N) is 1. The molecule has 1 fully saturated rings. The number of anilines is 2. The number of halogens is 1. The molecular weight excluding hydrogens is 372 g/mol. The fraction of sp³-hybridized carbons (Fsp3) is 0.529. The van der Waals surface area contributed by atoms with Gasteiger partial charge in [0.05, 0.1) is 11.6 Å². The molecule has 1 heterocycles. The molecule has 1 aromatic carbocycles. The largest absolute Gasteiger partial charge is 0.410 e. The predicted molar refractivity (Wildman–Crippen MR) is 101 cm³/mol. The third kappa shape index (κ3) is 4.41. The number of carbonyl (C=O) groups is 1. The summed E-state index contributed by atoms with van der Waals surface area (Å²) < 4.78 is 0.953. The van der Waals surface area contributed by atoms with Crippen molar-refractivity contribution in [2.75, 3.05) is 36.4 Å². The maximum absolute atomic E-state index is 12.6. The summed E-state index contributed by atoms with van der Waals surface area (Å²) in [7, 11) is 0. The van der Waals surface area contributed by atoms with Crippen molar-refractivity contribution in [3.05, 3.63) is 22.7 Å². The number of piperidine rings is 1. The van der Waals surface area contributed by atoms with Crippen LogP contribution >= 0.6 is 15.9 Å². The number of amides is 1. The van der Waals surface area contributed by atoms with E-state index in [-0.39, 0.29) is 11.8 Å². The van der Waals surface area contributed by atoms with Crippen LogP contribution in [0.25, 0.3) is 0 Å². The molecule has 1 aliphatic heterocycles. The molecule has 0 spiro atoms. The van der Waals surface area contributed by atoms with E-state index in [0.717, 1.165) is 54.9 Å². The molecule has 2 rings (SSSR count). The molecule has 1 unspecified atom stereocenters. The summed E-state index contributed by atoms with van der Waals surface area (Å²) in [5.41, 5.74) is 1.91. The molecular formula is C17H25BrN4O2. The van der Waals surface area contributed by atoms with E-state index in [2.05, 4.69) is 31.3 Å². The highest BCUT2D eigenvalue weighted by atomic mass is 79.9. The van der Waals surface area contributed by atoms with E-state index in [1.165, 1.54) is 6.34 Å². The van der Waals surface area contributed by atoms with Crippen LogP contribution in [0, 0.1) is 5.92 Å². The van der Waals surface area contributed by atoms with Gasteiger partial charge in [0.15, 0.2) is 0 Å². The summed E-state index contributed by atoms with van der Waals surface area (Å²) in [5, 5.41) is 14.3. The number of benzene rings is 1. The Balaban J connectivity index is 2.10. The lowest BCUT2D eigenvalue weighted by Gasteiger charge is -2.36. The number of carbonyl (C=O) groups excluding carboxylic acids is 1. The fourth-order valence-corrected chi connectivity index (χ4v) is 3.78. The van der Waals surface area contributed by atoms with Crippen molar-refractivity contribution in [3.63, 3.8) is 0 Å². The lowest BCUT2D eigenvalue weighted by Crippen LogP contribution is -2.45. The zero-order valence-corrected chi connectivity index (χ0v) is 15.8. The second-order valence-corrected chi connectivity index (χ2v) is 6.71. The molecule has 0 aromatic heterocycles. The van der Waals surface area contributed by atoms with Crippen molar-refractivity contribution >= 4 is 39.6 Å². The van der Waals surface area contributed by atoms with Crippen LogP contribution in [0.1, 0.15) is 26.7 Å². The SMILES string of the molecule is CCN(CC)C(=O)C1CCCN(c2ccc(N/C=N/O)cc2Br)C1. The third-order valence-corrected chi connectivity index (χ3v) is 5.06. The van der Waals surface area contributed by atoms with Crippen molar-refractivity contribution in [1.29, 1.82) is 0 Å². The van der Waals surface area contributed by atoms with Crippen LogP contribution < -0.4 is 10.2 Å². The van der Waals surface area contributed by atoms with Gasteiger partial charge in [-0.3, -0.25) is 4.79 Å². The lowest BCUT2D eigenvalue weighted by atomic mass is 9.96. The van der Waals surface area contributed by atoms with Gasteiger partial charge in [-0.2, -0.15) is 0 Å². The summed E-state index contributed by atoms with van der Waals surface area (Å²) >= 11 is 3.60. The van der Waals surface area contributed by atoms with Crippen LogP contribution in [0.15, 0.2) is 27.8 Å². The van der Waals surface area contributed by atoms with Gasteiger partial charge < -0.3 is 20.3 Å². The second-order valence-electron chi connectivity index (χ2n) is 5.85. The van der Waals surface area contributed by atoms with Crippen LogP contribution in [-0.2, 0) is 4.79 Å². The van der Waals surface area contributed by atoms with Gasteiger partial charge >= 0.3 is 0 Å². The monoisotopic (exact) mass is 396 g/mol. The minimum absolute atomic E-state index is 0.0601. The molecule has 24 heavy (non-hydrogen) atoms. The standard InChI is InChI=1S/C17H25BrN4O2/c1-3-21(4-2)17(23)13-6-5-9-22(11-13)16-8-7-14(10-15(16)18)19-12-20-24/h7-8,10,12-13,24H,3-6,9,11H2,1-2H3,(H,19,20). The van der Waals surface area contributed by atoms with Gasteiger partial charge in [-0.15, -0.1) is 0 Å². The van der Waals surface area contributed by atoms with Crippen molar-refractivity contribution in [3.8, 4) is 0 Å². The topological polar surface area (TPSA) is 68.2 Å². The Labute approximate surface area is 151 Å². The fourth-order valence-electron chi connectivity index (χ4n) is 3.15. The van der Waals surface area contributed by atoms with Crippen molar-refractivity contribution in [1.82, 2.24) is 4.90 Å². The van der Waals surface area contributed by atoms with E-state index in [1.807, 2.05) is 36.9 Å². The minimum atomic E-state index is 0.0601. The minimum Gasteiger partial charge on any atom is -0.410 e. The lowest BCUT2D eigenvalue weighted by molar-refractivity contribution is -0.135. The van der Waals surface area contributed by atoms with E-state index in [0.29, 0.717) is 0 Å². The van der Waals surface area contributed by atoms with Gasteiger partial charge in [-0.25, -0.2) is 0 Å². The molecule has 1 aliphatic rings. The molecule has 1 atom stereocenters. The average molecular weight is 397 g/mol. The first-order valence-corrected chi connectivity index (χ1v) is 9.15. The van der Waals surface area contributed by atoms with Gasteiger partial charge in [0.2, 0.25) is 5.91 Å². The molecule has 1 saturated heterocycles. The van der Waals surface area contributed by atoms with Crippen LogP contribution in [0.5, 0.6) is 0 Å². The van der Waals surface area contributed by atoms with Gasteiger partial charge in [0.1, 0.15) is 6.34 Å². The number of oxime groups is 1. The highest BCUT2D eigenvalue weighted by Gasteiger charge is 2.29. The van der Waals surface area contributed by atoms with Crippen LogP contribution in [0.3, 0.4) is 0 Å². The molecule has 132 valence electrons. The van der Waals surface area contributed by atoms with E-state index >= 15 is 0 Å². The summed E-state index contributed by atoms with van der Waals surface area (Å²) in [6.45, 7) is 7.29. The van der Waals surface area contributed by atoms with Crippen molar-refractivity contribution < 1.29 is 10.0 Å². The maximum atomic E-state index is 12.6. The van der Waals surface area contributed by atoms with Gasteiger partial charge in [0.25, 0.3) is 0 Å². The first-order chi connectivity index (χ1) is 11.6. The number of hydrogen-bond acceptors (Lipinski definition) is 4. The molecule has 1 amide bonds. The van der Waals surface area contributed by atoms with Gasteiger partial charge in [0, 0.05) is 36.3 Å². The zero-order valence-electron chi connectivity index (χ0n) is 14.2. The smallest absolute Gasteiger partial charge is 0.227 e. The Morgan fingerprint density at radius 3 is 2.88 bits per heavy atom. The first-order valence-electron chi connectivity index (χ1n) is 8.36. The highest BCUT2D eigenvalue weighted by Crippen LogP contribution is 2.32. The normalized spacial score (nSPS) is 18.0. The summed E-state index contributed by atoms with van der Waals surface area (Å²) in [6, 6.07) is 5.88. The molecule has 0 aliphatic carbocycles. The van der Waals surface area contributed by atoms with E-state index in [1.54, 1.807) is 0 Å². The molecule has 6 nitrogen and oxygen atoms in total. The Kier molecular flexibility index (Phi) is 6.90. The van der Waals surface area contributed by atoms with Crippen LogP contribution in [0.2, 0.25) is 0 Å². The molecule has 1 aromatic rings. The second kappa shape index (κ2) is 8.92. The number of nitrogens with zero attached hydrogens (tertiary/aromatic N) is 3. The van der Waals surface area contributed by atoms with E-state index in [9.17, 15) is 4.79 Å². The first kappa shape index (κ1) is 18.6. The molecule has 7 heteroatoms. The van der Waals surface area contributed by atoms with Gasteiger partial charge in [-0.05, 0) is 60.8 Å². The van der Waals surface area contributed by atoms with Crippen LogP contribution in [0.4, 0.5) is 11.4 Å². The highest BCUT2D eigenvalue weighted by molar-refractivity contribution is 9.10. The Hall–Kier alpha value is -1.76. The zero-order chi connectivity index (χ0) is 17.5. The average Bonchev–Trinajstić information content (AvgIpc) is 2.61. The quantitative estimate of drug-likeness (QED) is 0.334. The Morgan fingerprint density at radius 1 is 1.50 bits per heavy atom. The molecule has 0 radical (unpaired) electrons. The van der Waals surface area contributed by atoms with Gasteiger partial charge in [-0.1, -0.05) is 5.16 Å². The molecule has 2 N–H and O–H groups in total. The summed E-state index contributed by atoms with van der Waals surface area (Å²) in [4.78, 5) is 16.8. The van der Waals surface area contributed by atoms with Crippen molar-refractivity contribution in [2.45, 2.75) is 26.7 Å². The number of rotatable bonds is 6. The maximum Gasteiger partial charge on any atom is 0.227 e. The molecule has 0 saturated carbocycles.